The first-order chi connectivity index (χ1) is 16.4. The van der Waals surface area contributed by atoms with Crippen molar-refractivity contribution in [1.29, 1.82) is 0 Å². The molecule has 1 saturated heterocycles. The molecule has 0 bridgehead atoms. The monoisotopic (exact) mass is 490 g/mol. The number of carbonyl (C=O) groups is 1. The van der Waals surface area contributed by atoms with Gasteiger partial charge in [0.25, 0.3) is 0 Å². The molecule has 5 rings (SSSR count). The molecule has 1 heterocycles. The average molecular weight is 491 g/mol. The maximum absolute atomic E-state index is 12.1. The van der Waals surface area contributed by atoms with Gasteiger partial charge in [-0.15, -0.1) is 0 Å². The number of aliphatic hydroxyl groups is 3. The lowest BCUT2D eigenvalue weighted by Gasteiger charge is -2.61. The molecule has 6 nitrogen and oxygen atoms in total. The third-order valence-corrected chi connectivity index (χ3v) is 11.0. The van der Waals surface area contributed by atoms with Crippen molar-refractivity contribution in [1.82, 2.24) is 0 Å². The van der Waals surface area contributed by atoms with Gasteiger partial charge in [-0.1, -0.05) is 47.0 Å². The molecule has 0 aromatic carbocycles. The van der Waals surface area contributed by atoms with Gasteiger partial charge in [0.1, 0.15) is 17.3 Å². The Hall–Kier alpha value is -0.950. The highest BCUT2D eigenvalue weighted by molar-refractivity contribution is 5.67. The van der Waals surface area contributed by atoms with Crippen LogP contribution < -0.4 is 0 Å². The zero-order chi connectivity index (χ0) is 25.4. The van der Waals surface area contributed by atoms with Crippen LogP contribution in [0.25, 0.3) is 0 Å². The van der Waals surface area contributed by atoms with Crippen molar-refractivity contribution in [2.45, 2.75) is 122 Å². The number of fused-ring (bicyclic) bond motifs is 3. The zero-order valence-electron chi connectivity index (χ0n) is 22.3. The van der Waals surface area contributed by atoms with Crippen molar-refractivity contribution in [3.63, 3.8) is 0 Å². The molecule has 1 aliphatic heterocycles. The van der Waals surface area contributed by atoms with Gasteiger partial charge >= 0.3 is 5.97 Å². The van der Waals surface area contributed by atoms with Crippen LogP contribution in [0.5, 0.6) is 0 Å². The standard InChI is InChI=1S/C29H46O6/c1-17(2)7-6-8-18(3)21-9-10-22-23-13-24(34-19(4)31)28(33)14-20(32)11-12-27(28,16-30)29(23)25(35-29)15-26(21,22)5/h13,17-18,20-22,24-25,30,32-33H,6-12,14-16H2,1-5H3/t18?,20-,21?,22?,24+,25+,26+,27+,28-,29-/m0/s1. The lowest BCUT2D eigenvalue weighted by Crippen LogP contribution is -2.72. The molecule has 3 saturated carbocycles. The summed E-state index contributed by atoms with van der Waals surface area (Å²) in [5.41, 5.74) is -2.01. The fourth-order valence-corrected chi connectivity index (χ4v) is 9.40. The summed E-state index contributed by atoms with van der Waals surface area (Å²) < 4.78 is 12.4. The number of carbonyl (C=O) groups excluding carboxylic acids is 1. The van der Waals surface area contributed by atoms with Gasteiger partial charge in [-0.25, -0.2) is 0 Å². The van der Waals surface area contributed by atoms with E-state index in [1.54, 1.807) is 0 Å². The molecule has 35 heavy (non-hydrogen) atoms. The quantitative estimate of drug-likeness (QED) is 0.282. The van der Waals surface area contributed by atoms with E-state index in [0.29, 0.717) is 24.7 Å². The van der Waals surface area contributed by atoms with Crippen LogP contribution in [0, 0.1) is 34.5 Å². The molecule has 0 aromatic rings. The predicted molar refractivity (Wildman–Crippen MR) is 132 cm³/mol. The third-order valence-electron chi connectivity index (χ3n) is 11.0. The lowest BCUT2D eigenvalue weighted by molar-refractivity contribution is -0.237. The second kappa shape index (κ2) is 8.54. The van der Waals surface area contributed by atoms with Gasteiger partial charge in [0.2, 0.25) is 0 Å². The molecule has 0 amide bonds. The Bertz CT molecular complexity index is 884. The largest absolute Gasteiger partial charge is 0.455 e. The van der Waals surface area contributed by atoms with E-state index in [4.69, 9.17) is 9.47 Å². The van der Waals surface area contributed by atoms with Gasteiger partial charge in [-0.05, 0) is 72.8 Å². The number of epoxide rings is 1. The fraction of sp³-hybridized carbons (Fsp3) is 0.897. The summed E-state index contributed by atoms with van der Waals surface area (Å²) in [6.07, 6.45) is 8.31. The highest BCUT2D eigenvalue weighted by Gasteiger charge is 2.83. The van der Waals surface area contributed by atoms with Crippen LogP contribution in [-0.2, 0) is 14.3 Å². The van der Waals surface area contributed by atoms with Crippen LogP contribution in [-0.4, -0.2) is 57.4 Å². The van der Waals surface area contributed by atoms with Crippen LogP contribution in [0.4, 0.5) is 0 Å². The molecule has 5 aliphatic rings. The van der Waals surface area contributed by atoms with Gasteiger partial charge in [0, 0.05) is 13.3 Å². The van der Waals surface area contributed by atoms with Gasteiger partial charge in [0.15, 0.2) is 0 Å². The molecule has 10 atom stereocenters. The minimum absolute atomic E-state index is 0.0503. The van der Waals surface area contributed by atoms with E-state index in [1.807, 2.05) is 6.08 Å². The summed E-state index contributed by atoms with van der Waals surface area (Å²) in [7, 11) is 0. The summed E-state index contributed by atoms with van der Waals surface area (Å²) in [6.45, 7) is 10.5. The highest BCUT2D eigenvalue weighted by atomic mass is 16.6. The fourth-order valence-electron chi connectivity index (χ4n) is 9.40. The molecular formula is C29H46O6. The molecule has 3 unspecified atom stereocenters. The number of ether oxygens (including phenoxy) is 2. The van der Waals surface area contributed by atoms with Crippen LogP contribution in [0.2, 0.25) is 0 Å². The number of hydrogen-bond donors (Lipinski definition) is 3. The molecule has 198 valence electrons. The first-order valence-electron chi connectivity index (χ1n) is 14.0. The Morgan fingerprint density at radius 2 is 1.94 bits per heavy atom. The second-order valence-electron chi connectivity index (χ2n) is 13.3. The Kier molecular flexibility index (Phi) is 6.27. The van der Waals surface area contributed by atoms with Crippen molar-refractivity contribution >= 4 is 5.97 Å². The first kappa shape index (κ1) is 25.7. The predicted octanol–water partition coefficient (Wildman–Crippen LogP) is 4.15. The van der Waals surface area contributed by atoms with Gasteiger partial charge in [0.05, 0.1) is 24.2 Å². The minimum Gasteiger partial charge on any atom is -0.455 e. The summed E-state index contributed by atoms with van der Waals surface area (Å²) in [4.78, 5) is 12.1. The second-order valence-corrected chi connectivity index (χ2v) is 13.3. The van der Waals surface area contributed by atoms with Crippen LogP contribution >= 0.6 is 0 Å². The van der Waals surface area contributed by atoms with Gasteiger partial charge in [-0.3, -0.25) is 4.79 Å². The van der Waals surface area contributed by atoms with Crippen LogP contribution in [0.1, 0.15) is 92.4 Å². The normalized spacial score (nSPS) is 48.8. The molecule has 4 aliphatic carbocycles. The Morgan fingerprint density at radius 3 is 2.60 bits per heavy atom. The third kappa shape index (κ3) is 3.45. The highest BCUT2D eigenvalue weighted by Crippen LogP contribution is 2.76. The van der Waals surface area contributed by atoms with Crippen molar-refractivity contribution in [3.8, 4) is 0 Å². The van der Waals surface area contributed by atoms with Gasteiger partial charge < -0.3 is 24.8 Å². The summed E-state index contributed by atoms with van der Waals surface area (Å²) in [5, 5.41) is 33.5. The number of aliphatic hydroxyl groups excluding tert-OH is 2. The van der Waals surface area contributed by atoms with Crippen LogP contribution in [0.15, 0.2) is 11.6 Å². The van der Waals surface area contributed by atoms with E-state index in [-0.39, 0.29) is 30.5 Å². The molecule has 3 N–H and O–H groups in total. The molecule has 1 spiro atoms. The van der Waals surface area contributed by atoms with Crippen molar-refractivity contribution < 1.29 is 29.6 Å². The first-order valence-corrected chi connectivity index (χ1v) is 14.0. The molecule has 4 fully saturated rings. The molecule has 6 heteroatoms. The van der Waals surface area contributed by atoms with E-state index in [9.17, 15) is 20.1 Å². The van der Waals surface area contributed by atoms with E-state index < -0.39 is 34.8 Å². The maximum atomic E-state index is 12.1. The van der Waals surface area contributed by atoms with E-state index in [1.165, 1.54) is 32.6 Å². The van der Waals surface area contributed by atoms with E-state index in [2.05, 4.69) is 27.7 Å². The Morgan fingerprint density at radius 1 is 1.20 bits per heavy atom. The van der Waals surface area contributed by atoms with Crippen molar-refractivity contribution in [2.75, 3.05) is 6.61 Å². The smallest absolute Gasteiger partial charge is 0.303 e. The number of hydrogen-bond acceptors (Lipinski definition) is 6. The maximum Gasteiger partial charge on any atom is 0.303 e. The summed E-state index contributed by atoms with van der Waals surface area (Å²) >= 11 is 0. The van der Waals surface area contributed by atoms with Crippen molar-refractivity contribution in [3.05, 3.63) is 11.6 Å². The summed E-state index contributed by atoms with van der Waals surface area (Å²) in [5.74, 6) is 1.80. The SMILES string of the molecule is CC(=O)O[C@@H]1C=C2C3CCC(C(C)CCCC(C)C)[C@@]3(C)C[C@H]3O[C@@]23[C@@]2(CO)CC[C@H](O)C[C@]12O. The molecule has 0 aromatic heterocycles. The molecular weight excluding hydrogens is 444 g/mol. The zero-order valence-corrected chi connectivity index (χ0v) is 22.3. The molecule has 0 radical (unpaired) electrons. The summed E-state index contributed by atoms with van der Waals surface area (Å²) in [6, 6.07) is 0. The van der Waals surface area contributed by atoms with Crippen LogP contribution in [0.3, 0.4) is 0 Å². The number of rotatable bonds is 7. The number of esters is 1. The van der Waals surface area contributed by atoms with Crippen molar-refractivity contribution in [2.24, 2.45) is 34.5 Å². The Labute approximate surface area is 210 Å². The van der Waals surface area contributed by atoms with E-state index >= 15 is 0 Å². The van der Waals surface area contributed by atoms with E-state index in [0.717, 1.165) is 24.3 Å². The minimum atomic E-state index is -1.56. The topological polar surface area (TPSA) is 99.5 Å². The van der Waals surface area contributed by atoms with Gasteiger partial charge in [-0.2, -0.15) is 0 Å². The average Bonchev–Trinajstić information content (AvgIpc) is 3.37. The lowest BCUT2D eigenvalue weighted by atomic mass is 9.44. The Balaban J connectivity index is 1.52.